The van der Waals surface area contributed by atoms with Crippen LogP contribution < -0.4 is 78.2 Å². The van der Waals surface area contributed by atoms with Gasteiger partial charge in [-0.15, -0.1) is 0 Å². The molecule has 0 aliphatic carbocycles. The second kappa shape index (κ2) is 22.5. The molecular formula is C102H48B3F8N7O2. The van der Waals surface area contributed by atoms with Gasteiger partial charge in [-0.3, -0.25) is 0 Å². The molecule has 0 bridgehead atoms. The summed E-state index contributed by atoms with van der Waals surface area (Å²) in [6.07, 6.45) is 0. The van der Waals surface area contributed by atoms with Gasteiger partial charge in [-0.2, -0.15) is 0 Å². The molecule has 6 aliphatic heterocycles. The molecule has 0 radical (unpaired) electrons. The highest BCUT2D eigenvalue weighted by Gasteiger charge is 2.55. The standard InChI is InChI=1S/C102H48B3F8N7O2/c106-61-29-17-30-62(107)90(61)117-77-47-75-57(103-55-27-7-15-43-79(55)121-101-85-53-25-5-13-41-73(53)115-71-39-11-3-23-51(71)83(95(85)115)99(88(101)103)119(75)92-65(110)33-19-34-66(92)111)45-59(77)105-60-46-58-76(48-78(60)118(91-63(108)31-18-32-64(91)109)98-82-50-22-2-10-38-70(50)114-69-37-9-1-21-49(69)81(94(82)114)97(117)87(98)105)120(93-67(112)35-20-36-68(93)113)100-84-52-24-4-12-40-72(52)116-74-42-14-6-26-54(74)86(96(84)116)102-89(100)104(58)56-28-8-16-44-80(56)122-102/h1-48H. The molecule has 122 heavy (non-hydrogen) atoms. The molecule has 0 spiro atoms. The topological polar surface area (TPSA) is 44.7 Å². The molecule has 9 nitrogen and oxygen atoms in total. The number of rotatable bonds is 4. The summed E-state index contributed by atoms with van der Waals surface area (Å²) >= 11 is 0. The van der Waals surface area contributed by atoms with Crippen molar-refractivity contribution < 1.29 is 44.6 Å². The Morgan fingerprint density at radius 2 is 0.434 bits per heavy atom. The van der Waals surface area contributed by atoms with Crippen molar-refractivity contribution in [1.82, 2.24) is 13.2 Å². The van der Waals surface area contributed by atoms with E-state index in [1.165, 1.54) is 72.8 Å². The fourth-order valence-electron chi connectivity index (χ4n) is 23.1. The van der Waals surface area contributed by atoms with Gasteiger partial charge in [-0.25, -0.2) is 35.1 Å². The monoisotopic (exact) mass is 1590 g/mol. The van der Waals surface area contributed by atoms with E-state index in [1.54, 1.807) is 19.6 Å². The molecule has 17 aromatic carbocycles. The van der Waals surface area contributed by atoms with E-state index in [9.17, 15) is 0 Å². The normalized spacial score (nSPS) is 14.1. The lowest BCUT2D eigenvalue weighted by Gasteiger charge is -2.48. The predicted octanol–water partition coefficient (Wildman–Crippen LogP) is 21.1. The van der Waals surface area contributed by atoms with Crippen LogP contribution >= 0.6 is 0 Å². The number of aromatic nitrogens is 3. The molecule has 12 heterocycles. The van der Waals surface area contributed by atoms with Crippen molar-refractivity contribution in [1.29, 1.82) is 0 Å². The van der Waals surface area contributed by atoms with Crippen LogP contribution in [-0.4, -0.2) is 33.3 Å². The molecule has 568 valence electrons. The van der Waals surface area contributed by atoms with Crippen LogP contribution in [0.4, 0.5) is 103 Å². The van der Waals surface area contributed by atoms with Crippen molar-refractivity contribution in [2.24, 2.45) is 0 Å². The number of hydrogen-bond donors (Lipinski definition) is 0. The molecule has 0 N–H and O–H groups in total. The number of anilines is 12. The van der Waals surface area contributed by atoms with E-state index in [4.69, 9.17) is 9.47 Å². The Kier molecular flexibility index (Phi) is 12.1. The zero-order valence-corrected chi connectivity index (χ0v) is 63.4. The zero-order valence-electron chi connectivity index (χ0n) is 63.4. The average molecular weight is 1590 g/mol. The highest BCUT2D eigenvalue weighted by Crippen LogP contribution is 2.61. The molecule has 0 fully saturated rings. The van der Waals surface area contributed by atoms with Crippen molar-refractivity contribution >= 4 is 252 Å². The SMILES string of the molecule is Fc1cccc(F)c1N1c2cc3c(cc2B2c4ccccc4Oc4c2c1c1c2ccccc2n2c5ccccc5c4c12)B1c2cc4c(cc2N(c2c(F)cccc2F)c2c1c(c1c5ccccc5n5c6ccccc6c2c15)N3c1c(F)cccc1F)N(c1c(F)cccc1F)c1c2c(c3c5ccccc5n5c6ccccc6c1c35)Oc1ccccc1B42. The molecule has 29 rings (SSSR count). The summed E-state index contributed by atoms with van der Waals surface area (Å²) in [5.41, 5.74) is 11.7. The number of ether oxygens (including phenoxy) is 2. The first kappa shape index (κ1) is 65.6. The van der Waals surface area contributed by atoms with Gasteiger partial charge >= 0.3 is 0 Å². The van der Waals surface area contributed by atoms with E-state index in [0.717, 1.165) is 65.4 Å². The van der Waals surface area contributed by atoms with Crippen molar-refractivity contribution in [3.63, 3.8) is 0 Å². The molecule has 6 aromatic heterocycles. The minimum atomic E-state index is -1.20. The van der Waals surface area contributed by atoms with Gasteiger partial charge in [0.15, 0.2) is 0 Å². The summed E-state index contributed by atoms with van der Waals surface area (Å²) in [6, 6.07) is 85.8. The summed E-state index contributed by atoms with van der Waals surface area (Å²) < 4.78 is 171. The largest absolute Gasteiger partial charge is 0.458 e. The summed E-state index contributed by atoms with van der Waals surface area (Å²) in [5, 5.41) is 8.47. The molecule has 23 aromatic rings. The zero-order chi connectivity index (χ0) is 80.3. The third kappa shape index (κ3) is 7.59. The number of halogens is 8. The molecule has 0 amide bonds. The van der Waals surface area contributed by atoms with Crippen LogP contribution in [0.2, 0.25) is 0 Å². The molecule has 6 aliphatic rings. The van der Waals surface area contributed by atoms with E-state index >= 15 is 35.1 Å². The summed E-state index contributed by atoms with van der Waals surface area (Å²) in [4.78, 5) is 6.50. The Bertz CT molecular complexity index is 8310. The van der Waals surface area contributed by atoms with Crippen LogP contribution in [0.5, 0.6) is 23.0 Å². The predicted molar refractivity (Wildman–Crippen MR) is 476 cm³/mol. The van der Waals surface area contributed by atoms with Gasteiger partial charge in [0.05, 0.1) is 83.2 Å². The fourth-order valence-corrected chi connectivity index (χ4v) is 23.1. The molecule has 0 saturated heterocycles. The second-order valence-electron chi connectivity index (χ2n) is 32.8. The maximum absolute atomic E-state index is 18.9. The highest BCUT2D eigenvalue weighted by atomic mass is 19.2. The third-order valence-corrected chi connectivity index (χ3v) is 27.3. The van der Waals surface area contributed by atoms with E-state index < -0.39 is 89.4 Å². The Labute approximate surface area is 685 Å². The lowest BCUT2D eigenvalue weighted by atomic mass is 9.29. The van der Waals surface area contributed by atoms with Crippen LogP contribution in [0.1, 0.15) is 0 Å². The summed E-state index contributed by atoms with van der Waals surface area (Å²) in [5.74, 6) is -5.67. The Hall–Kier alpha value is -15.4. The highest BCUT2D eigenvalue weighted by molar-refractivity contribution is 7.05. The van der Waals surface area contributed by atoms with Crippen molar-refractivity contribution in [2.75, 3.05) is 19.6 Å². The summed E-state index contributed by atoms with van der Waals surface area (Å²) in [7, 11) is 0. The smallest absolute Gasteiger partial charge is 0.256 e. The van der Waals surface area contributed by atoms with Crippen molar-refractivity contribution in [3.05, 3.63) is 338 Å². The van der Waals surface area contributed by atoms with Crippen LogP contribution in [0, 0.1) is 46.5 Å². The van der Waals surface area contributed by atoms with Gasteiger partial charge in [0.25, 0.3) is 20.1 Å². The van der Waals surface area contributed by atoms with Gasteiger partial charge < -0.3 is 42.3 Å². The lowest BCUT2D eigenvalue weighted by Crippen LogP contribution is -2.66. The number of para-hydroxylation sites is 12. The molecular weight excluding hydrogens is 1540 g/mol. The van der Waals surface area contributed by atoms with Crippen LogP contribution in [0.25, 0.3) is 114 Å². The molecule has 0 saturated carbocycles. The third-order valence-electron chi connectivity index (χ3n) is 27.3. The number of fused-ring (bicyclic) bond motifs is 36. The Balaban J connectivity index is 0.846. The Morgan fingerprint density at radius 3 is 0.721 bits per heavy atom. The maximum Gasteiger partial charge on any atom is 0.256 e. The summed E-state index contributed by atoms with van der Waals surface area (Å²) in [6.45, 7) is -2.93. The van der Waals surface area contributed by atoms with Crippen molar-refractivity contribution in [2.45, 2.75) is 0 Å². The van der Waals surface area contributed by atoms with Gasteiger partial charge in [0.2, 0.25) is 0 Å². The maximum atomic E-state index is 18.9. The first-order valence-corrected chi connectivity index (χ1v) is 40.5. The van der Waals surface area contributed by atoms with Gasteiger partial charge in [-0.1, -0.05) is 182 Å². The van der Waals surface area contributed by atoms with E-state index in [0.29, 0.717) is 132 Å². The minimum absolute atomic E-state index is 0.172. The molecule has 0 atom stereocenters. The van der Waals surface area contributed by atoms with E-state index in [-0.39, 0.29) is 34.1 Å². The first-order valence-electron chi connectivity index (χ1n) is 40.5. The first-order chi connectivity index (χ1) is 60.0. The number of hydrogen-bond acceptors (Lipinski definition) is 6. The van der Waals surface area contributed by atoms with Crippen LogP contribution in [0.15, 0.2) is 291 Å². The van der Waals surface area contributed by atoms with Crippen LogP contribution in [0.3, 0.4) is 0 Å². The minimum Gasteiger partial charge on any atom is -0.458 e. The average Bonchev–Trinajstić information content (AvgIpc) is 1.37. The van der Waals surface area contributed by atoms with Gasteiger partial charge in [0, 0.05) is 76.6 Å². The Morgan fingerprint density at radius 1 is 0.205 bits per heavy atom. The second-order valence-corrected chi connectivity index (χ2v) is 32.8. The number of benzene rings is 17. The number of nitrogens with zero attached hydrogens (tertiary/aromatic N) is 7. The van der Waals surface area contributed by atoms with Crippen LogP contribution in [-0.2, 0) is 0 Å². The molecule has 20 heteroatoms. The molecule has 0 unspecified atom stereocenters. The quantitative estimate of drug-likeness (QED) is 0.129. The lowest BCUT2D eigenvalue weighted by molar-refractivity contribution is 0.493. The van der Waals surface area contributed by atoms with E-state index in [2.05, 4.69) is 37.5 Å². The van der Waals surface area contributed by atoms with Gasteiger partial charge in [-0.05, 0) is 158 Å². The van der Waals surface area contributed by atoms with Crippen molar-refractivity contribution in [3.8, 4) is 23.0 Å². The van der Waals surface area contributed by atoms with E-state index in [1.807, 2.05) is 194 Å². The fraction of sp³-hybridized carbons (Fsp3) is 0. The van der Waals surface area contributed by atoms with Gasteiger partial charge in [0.1, 0.15) is 92.3 Å².